The minimum Gasteiger partial charge on any atom is -0.286 e. The van der Waals surface area contributed by atoms with Crippen LogP contribution in [0.15, 0.2) is 45.7 Å². The van der Waals surface area contributed by atoms with Crippen molar-refractivity contribution in [1.29, 1.82) is 0 Å². The molecule has 2 heterocycles. The Hall–Kier alpha value is -2.19. The third kappa shape index (κ3) is 2.62. The molecule has 0 bridgehead atoms. The first-order valence-electron chi connectivity index (χ1n) is 6.52. The van der Waals surface area contributed by atoms with Crippen LogP contribution in [-0.2, 0) is 10.0 Å². The number of fused-ring (bicyclic) bond motifs is 1. The zero-order valence-electron chi connectivity index (χ0n) is 12.0. The van der Waals surface area contributed by atoms with Crippen LogP contribution in [-0.4, -0.2) is 24.0 Å². The zero-order chi connectivity index (χ0) is 15.7. The number of imidazole rings is 1. The molecule has 0 radical (unpaired) electrons. The number of rotatable bonds is 4. The van der Waals surface area contributed by atoms with Crippen LogP contribution in [0.3, 0.4) is 0 Å². The summed E-state index contributed by atoms with van der Waals surface area (Å²) in [7, 11) is -3.65. The summed E-state index contributed by atoms with van der Waals surface area (Å²) in [6.07, 6.45) is 1.48. The summed E-state index contributed by atoms with van der Waals surface area (Å²) in [5.74, 6) is 0. The third-order valence-corrected chi connectivity index (χ3v) is 5.35. The van der Waals surface area contributed by atoms with Gasteiger partial charge in [0.1, 0.15) is 0 Å². The van der Waals surface area contributed by atoms with Crippen molar-refractivity contribution in [3.8, 4) is 0 Å². The predicted octanol–water partition coefficient (Wildman–Crippen LogP) is 2.33. The number of hydrogen-bond donors (Lipinski definition) is 1. The van der Waals surface area contributed by atoms with Crippen LogP contribution in [0, 0.1) is 13.8 Å². The van der Waals surface area contributed by atoms with Gasteiger partial charge in [-0.25, -0.2) is 9.82 Å². The van der Waals surface area contributed by atoms with E-state index in [1.54, 1.807) is 18.2 Å². The van der Waals surface area contributed by atoms with Gasteiger partial charge in [-0.1, -0.05) is 18.2 Å². The van der Waals surface area contributed by atoms with E-state index in [1.165, 1.54) is 29.7 Å². The highest BCUT2D eigenvalue weighted by Crippen LogP contribution is 2.19. The summed E-state index contributed by atoms with van der Waals surface area (Å²) in [4.78, 5) is 7.68. The van der Waals surface area contributed by atoms with E-state index in [0.717, 1.165) is 22.0 Å². The van der Waals surface area contributed by atoms with Gasteiger partial charge in [-0.05, 0) is 26.0 Å². The van der Waals surface area contributed by atoms with E-state index in [-0.39, 0.29) is 4.90 Å². The maximum absolute atomic E-state index is 12.1. The fourth-order valence-corrected chi connectivity index (χ4v) is 3.82. The molecule has 8 heteroatoms. The lowest BCUT2D eigenvalue weighted by Gasteiger charge is -2.02. The van der Waals surface area contributed by atoms with Gasteiger partial charge in [0.25, 0.3) is 10.0 Å². The Morgan fingerprint density at radius 2 is 2.00 bits per heavy atom. The smallest absolute Gasteiger partial charge is 0.276 e. The molecule has 0 aliphatic heterocycles. The summed E-state index contributed by atoms with van der Waals surface area (Å²) in [5, 5.41) is 5.87. The second-order valence-corrected chi connectivity index (χ2v) is 7.24. The first-order chi connectivity index (χ1) is 10.5. The normalized spacial score (nSPS) is 12.3. The SMILES string of the molecule is Cc1nc2scc(C)n2c1/C=N/NS(=O)(=O)c1ccccc1. The fourth-order valence-electron chi connectivity index (χ4n) is 2.09. The second kappa shape index (κ2) is 5.54. The van der Waals surface area contributed by atoms with E-state index in [0.29, 0.717) is 0 Å². The van der Waals surface area contributed by atoms with Gasteiger partial charge in [0.05, 0.1) is 22.5 Å². The Morgan fingerprint density at radius 3 is 2.73 bits per heavy atom. The first kappa shape index (κ1) is 14.7. The maximum atomic E-state index is 12.1. The van der Waals surface area contributed by atoms with Crippen LogP contribution >= 0.6 is 11.3 Å². The number of hydrazone groups is 1. The number of sulfonamides is 1. The van der Waals surface area contributed by atoms with Crippen LogP contribution in [0.5, 0.6) is 0 Å². The highest BCUT2D eigenvalue weighted by molar-refractivity contribution is 7.89. The maximum Gasteiger partial charge on any atom is 0.276 e. The molecule has 114 valence electrons. The standard InChI is InChI=1S/C14H14N4O2S2/c1-10-9-21-14-16-11(2)13(18(10)14)8-15-17-22(19,20)12-6-4-3-5-7-12/h3-9,17H,1-2H3/b15-8+. The van der Waals surface area contributed by atoms with Gasteiger partial charge < -0.3 is 0 Å². The van der Waals surface area contributed by atoms with Crippen molar-refractivity contribution < 1.29 is 8.42 Å². The summed E-state index contributed by atoms with van der Waals surface area (Å²) < 4.78 is 26.1. The molecule has 0 amide bonds. The van der Waals surface area contributed by atoms with Gasteiger partial charge in [-0.2, -0.15) is 13.5 Å². The Balaban J connectivity index is 1.88. The topological polar surface area (TPSA) is 75.8 Å². The lowest BCUT2D eigenvalue weighted by Crippen LogP contribution is -2.18. The Kier molecular flexibility index (Phi) is 3.71. The molecule has 0 fully saturated rings. The molecule has 0 aliphatic carbocycles. The van der Waals surface area contributed by atoms with Gasteiger partial charge in [-0.3, -0.25) is 4.40 Å². The highest BCUT2D eigenvalue weighted by atomic mass is 32.2. The van der Waals surface area contributed by atoms with E-state index in [4.69, 9.17) is 0 Å². The van der Waals surface area contributed by atoms with Gasteiger partial charge in [0.15, 0.2) is 4.96 Å². The van der Waals surface area contributed by atoms with Crippen molar-refractivity contribution in [2.75, 3.05) is 0 Å². The molecule has 0 unspecified atom stereocenters. The lowest BCUT2D eigenvalue weighted by atomic mass is 10.3. The number of nitrogens with one attached hydrogen (secondary N) is 1. The lowest BCUT2D eigenvalue weighted by molar-refractivity contribution is 0.584. The van der Waals surface area contributed by atoms with Crippen molar-refractivity contribution >= 4 is 32.5 Å². The molecule has 0 atom stereocenters. The number of aromatic nitrogens is 2. The van der Waals surface area contributed by atoms with E-state index in [1.807, 2.05) is 23.6 Å². The van der Waals surface area contributed by atoms with Crippen molar-refractivity contribution in [2.45, 2.75) is 18.7 Å². The molecule has 0 saturated carbocycles. The van der Waals surface area contributed by atoms with Gasteiger partial charge in [0, 0.05) is 11.1 Å². The fraction of sp³-hybridized carbons (Fsp3) is 0.143. The molecule has 1 N–H and O–H groups in total. The predicted molar refractivity (Wildman–Crippen MR) is 86.9 cm³/mol. The van der Waals surface area contributed by atoms with Crippen molar-refractivity contribution in [3.63, 3.8) is 0 Å². The molecular formula is C14H14N4O2S2. The van der Waals surface area contributed by atoms with E-state index in [9.17, 15) is 8.42 Å². The van der Waals surface area contributed by atoms with E-state index >= 15 is 0 Å². The molecule has 22 heavy (non-hydrogen) atoms. The van der Waals surface area contributed by atoms with Gasteiger partial charge in [0.2, 0.25) is 0 Å². The number of hydrogen-bond acceptors (Lipinski definition) is 5. The number of thiazole rings is 1. The minimum absolute atomic E-state index is 0.175. The molecule has 0 aliphatic rings. The number of benzene rings is 1. The summed E-state index contributed by atoms with van der Waals surface area (Å²) in [5.41, 5.74) is 2.61. The number of nitrogens with zero attached hydrogens (tertiary/aromatic N) is 3. The van der Waals surface area contributed by atoms with Gasteiger partial charge in [-0.15, -0.1) is 11.3 Å². The average Bonchev–Trinajstić information content (AvgIpc) is 3.00. The molecule has 3 aromatic rings. The summed E-state index contributed by atoms with van der Waals surface area (Å²) in [6.45, 7) is 3.84. The van der Waals surface area contributed by atoms with Crippen LogP contribution in [0.1, 0.15) is 17.1 Å². The first-order valence-corrected chi connectivity index (χ1v) is 8.88. The van der Waals surface area contributed by atoms with E-state index < -0.39 is 10.0 Å². The molecular weight excluding hydrogens is 320 g/mol. The second-order valence-electron chi connectivity index (χ2n) is 4.74. The average molecular weight is 334 g/mol. The van der Waals surface area contributed by atoms with Crippen LogP contribution < -0.4 is 4.83 Å². The van der Waals surface area contributed by atoms with Crippen LogP contribution in [0.25, 0.3) is 4.96 Å². The van der Waals surface area contributed by atoms with Crippen molar-refractivity contribution in [3.05, 3.63) is 52.8 Å². The largest absolute Gasteiger partial charge is 0.286 e. The molecule has 1 aromatic carbocycles. The quantitative estimate of drug-likeness (QED) is 0.588. The van der Waals surface area contributed by atoms with E-state index in [2.05, 4.69) is 14.9 Å². The van der Waals surface area contributed by atoms with Crippen molar-refractivity contribution in [1.82, 2.24) is 14.2 Å². The summed E-state index contributed by atoms with van der Waals surface area (Å²) >= 11 is 1.54. The Morgan fingerprint density at radius 1 is 1.27 bits per heavy atom. The number of aryl methyl sites for hydroxylation is 2. The molecule has 0 saturated heterocycles. The molecule has 0 spiro atoms. The van der Waals surface area contributed by atoms with Crippen LogP contribution in [0.4, 0.5) is 0 Å². The molecule has 3 rings (SSSR count). The van der Waals surface area contributed by atoms with Crippen LogP contribution in [0.2, 0.25) is 0 Å². The summed E-state index contributed by atoms with van der Waals surface area (Å²) in [6, 6.07) is 8.12. The molecule has 2 aromatic heterocycles. The third-order valence-electron chi connectivity index (χ3n) is 3.17. The Bertz CT molecular complexity index is 940. The highest BCUT2D eigenvalue weighted by Gasteiger charge is 2.13. The molecule has 6 nitrogen and oxygen atoms in total. The minimum atomic E-state index is -3.65. The van der Waals surface area contributed by atoms with Gasteiger partial charge >= 0.3 is 0 Å². The van der Waals surface area contributed by atoms with Crippen molar-refractivity contribution in [2.24, 2.45) is 5.10 Å². The Labute approximate surface area is 132 Å². The monoisotopic (exact) mass is 334 g/mol. The zero-order valence-corrected chi connectivity index (χ0v) is 13.6.